The maximum absolute atomic E-state index is 12.3. The summed E-state index contributed by atoms with van der Waals surface area (Å²) in [5.74, 6) is 0.220. The molecule has 2 fully saturated rings. The topological polar surface area (TPSA) is 55.1 Å². The first-order valence-electron chi connectivity index (χ1n) is 6.76. The predicted octanol–water partition coefficient (Wildman–Crippen LogP) is 1.91. The average molecular weight is 256 g/mol. The van der Waals surface area contributed by atoms with Gasteiger partial charge in [0.05, 0.1) is 5.41 Å². The van der Waals surface area contributed by atoms with Gasteiger partial charge >= 0.3 is 0 Å². The highest BCUT2D eigenvalue weighted by molar-refractivity contribution is 7.99. The maximum Gasteiger partial charge on any atom is 0.227 e. The molecule has 0 aromatic carbocycles. The van der Waals surface area contributed by atoms with E-state index in [0.29, 0.717) is 17.8 Å². The Bertz CT molecular complexity index is 273. The van der Waals surface area contributed by atoms with Gasteiger partial charge in [-0.2, -0.15) is 11.8 Å². The molecule has 2 aliphatic rings. The molecular formula is C13H24N2OS. The number of nitrogens with two attached hydrogens (primary N) is 1. The predicted molar refractivity (Wildman–Crippen MR) is 73.0 cm³/mol. The molecule has 0 heterocycles. The Balaban J connectivity index is 1.92. The molecule has 0 saturated heterocycles. The molecule has 0 aliphatic heterocycles. The van der Waals surface area contributed by atoms with Gasteiger partial charge in [-0.25, -0.2) is 0 Å². The molecule has 3 nitrogen and oxygen atoms in total. The monoisotopic (exact) mass is 256 g/mol. The van der Waals surface area contributed by atoms with Crippen LogP contribution in [0.2, 0.25) is 0 Å². The molecule has 0 spiro atoms. The molecular weight excluding hydrogens is 232 g/mol. The summed E-state index contributed by atoms with van der Waals surface area (Å²) >= 11 is 1.89. The second kappa shape index (κ2) is 5.61. The third-order valence-electron chi connectivity index (χ3n) is 4.50. The Kier molecular flexibility index (Phi) is 4.36. The van der Waals surface area contributed by atoms with E-state index in [-0.39, 0.29) is 11.3 Å². The van der Waals surface area contributed by atoms with E-state index >= 15 is 0 Å². The first-order chi connectivity index (χ1) is 8.22. The van der Waals surface area contributed by atoms with Crippen LogP contribution in [-0.2, 0) is 4.79 Å². The zero-order valence-electron chi connectivity index (χ0n) is 10.7. The number of carbonyl (C=O) groups excluding carboxylic acids is 1. The van der Waals surface area contributed by atoms with Crippen molar-refractivity contribution in [2.45, 2.75) is 56.2 Å². The summed E-state index contributed by atoms with van der Waals surface area (Å²) in [4.78, 5) is 12.3. The lowest BCUT2D eigenvalue weighted by Gasteiger charge is -2.41. The molecule has 0 radical (unpaired) electrons. The smallest absolute Gasteiger partial charge is 0.227 e. The normalized spacial score (nSPS) is 31.6. The molecule has 0 aromatic heterocycles. The van der Waals surface area contributed by atoms with Crippen molar-refractivity contribution in [2.24, 2.45) is 11.1 Å². The lowest BCUT2D eigenvalue weighted by molar-refractivity contribution is -0.136. The molecule has 2 atom stereocenters. The van der Waals surface area contributed by atoms with E-state index < -0.39 is 0 Å². The van der Waals surface area contributed by atoms with Crippen LogP contribution < -0.4 is 11.1 Å². The number of carbonyl (C=O) groups is 1. The molecule has 1 amide bonds. The average Bonchev–Trinajstić information content (AvgIpc) is 2.29. The summed E-state index contributed by atoms with van der Waals surface area (Å²) in [7, 11) is 0. The van der Waals surface area contributed by atoms with Crippen molar-refractivity contribution >= 4 is 17.7 Å². The van der Waals surface area contributed by atoms with Crippen LogP contribution in [0.4, 0.5) is 0 Å². The van der Waals surface area contributed by atoms with Gasteiger partial charge in [-0.15, -0.1) is 0 Å². The van der Waals surface area contributed by atoms with E-state index in [1.807, 2.05) is 11.8 Å². The summed E-state index contributed by atoms with van der Waals surface area (Å²) in [6.07, 6.45) is 10.2. The zero-order chi connectivity index (χ0) is 12.3. The van der Waals surface area contributed by atoms with Crippen LogP contribution in [-0.4, -0.2) is 30.0 Å². The second-order valence-corrected chi connectivity index (χ2v) is 6.55. The fourth-order valence-corrected chi connectivity index (χ4v) is 3.93. The Morgan fingerprint density at radius 1 is 1.35 bits per heavy atom. The summed E-state index contributed by atoms with van der Waals surface area (Å²) in [6, 6.07) is 0.371. The molecule has 2 rings (SSSR count). The van der Waals surface area contributed by atoms with Crippen molar-refractivity contribution in [1.29, 1.82) is 0 Å². The molecule has 0 aromatic rings. The number of nitrogens with one attached hydrogen (secondary N) is 1. The molecule has 2 saturated carbocycles. The zero-order valence-corrected chi connectivity index (χ0v) is 11.5. The van der Waals surface area contributed by atoms with Crippen molar-refractivity contribution < 1.29 is 4.79 Å². The van der Waals surface area contributed by atoms with Gasteiger partial charge < -0.3 is 11.1 Å². The van der Waals surface area contributed by atoms with Crippen LogP contribution in [0.15, 0.2) is 0 Å². The third-order valence-corrected chi connectivity index (χ3v) is 5.67. The van der Waals surface area contributed by atoms with Gasteiger partial charge in [0, 0.05) is 17.8 Å². The van der Waals surface area contributed by atoms with Crippen molar-refractivity contribution in [3.63, 3.8) is 0 Å². The van der Waals surface area contributed by atoms with Crippen LogP contribution >= 0.6 is 11.8 Å². The van der Waals surface area contributed by atoms with Gasteiger partial charge in [-0.3, -0.25) is 4.79 Å². The van der Waals surface area contributed by atoms with Gasteiger partial charge in [-0.05, 0) is 31.9 Å². The highest BCUT2D eigenvalue weighted by atomic mass is 32.2. The highest BCUT2D eigenvalue weighted by Gasteiger charge is 2.44. The van der Waals surface area contributed by atoms with Crippen LogP contribution in [0, 0.1) is 5.41 Å². The summed E-state index contributed by atoms with van der Waals surface area (Å²) < 4.78 is 0. The van der Waals surface area contributed by atoms with Crippen molar-refractivity contribution in [1.82, 2.24) is 5.32 Å². The fraction of sp³-hybridized carbons (Fsp3) is 0.923. The lowest BCUT2D eigenvalue weighted by Crippen LogP contribution is -2.55. The van der Waals surface area contributed by atoms with Crippen LogP contribution in [0.3, 0.4) is 0 Å². The summed E-state index contributed by atoms with van der Waals surface area (Å²) in [5.41, 5.74) is 5.55. The van der Waals surface area contributed by atoms with Crippen molar-refractivity contribution in [3.05, 3.63) is 0 Å². The second-order valence-electron chi connectivity index (χ2n) is 5.48. The van der Waals surface area contributed by atoms with E-state index in [1.165, 1.54) is 19.3 Å². The SMILES string of the molecule is CSC1CCCCC1NC(=O)C1(CN)CCC1. The van der Waals surface area contributed by atoms with E-state index in [9.17, 15) is 4.79 Å². The number of hydrogen-bond donors (Lipinski definition) is 2. The van der Waals surface area contributed by atoms with Crippen molar-refractivity contribution in [2.75, 3.05) is 12.8 Å². The minimum atomic E-state index is -0.222. The minimum absolute atomic E-state index is 0.220. The largest absolute Gasteiger partial charge is 0.352 e. The Morgan fingerprint density at radius 2 is 2.06 bits per heavy atom. The molecule has 17 heavy (non-hydrogen) atoms. The quantitative estimate of drug-likeness (QED) is 0.808. The Morgan fingerprint density at radius 3 is 2.59 bits per heavy atom. The van der Waals surface area contributed by atoms with Crippen LogP contribution in [0.25, 0.3) is 0 Å². The first kappa shape index (κ1) is 13.2. The van der Waals surface area contributed by atoms with Crippen LogP contribution in [0.5, 0.6) is 0 Å². The Labute approximate surface area is 108 Å². The van der Waals surface area contributed by atoms with Gasteiger partial charge in [0.25, 0.3) is 0 Å². The molecule has 4 heteroatoms. The van der Waals surface area contributed by atoms with Crippen LogP contribution in [0.1, 0.15) is 44.9 Å². The maximum atomic E-state index is 12.3. The molecule has 3 N–H and O–H groups in total. The van der Waals surface area contributed by atoms with Crippen molar-refractivity contribution in [3.8, 4) is 0 Å². The minimum Gasteiger partial charge on any atom is -0.352 e. The Hall–Kier alpha value is -0.220. The number of amides is 1. The number of hydrogen-bond acceptors (Lipinski definition) is 3. The van der Waals surface area contributed by atoms with E-state index in [2.05, 4.69) is 11.6 Å². The van der Waals surface area contributed by atoms with Gasteiger partial charge in [0.2, 0.25) is 5.91 Å². The number of thioether (sulfide) groups is 1. The number of rotatable bonds is 4. The molecule has 2 unspecified atom stereocenters. The standard InChI is InChI=1S/C13H24N2OS/c1-17-11-6-3-2-5-10(11)15-12(16)13(9-14)7-4-8-13/h10-11H,2-9,14H2,1H3,(H,15,16). The third kappa shape index (κ3) is 2.63. The van der Waals surface area contributed by atoms with E-state index in [0.717, 1.165) is 25.7 Å². The van der Waals surface area contributed by atoms with Gasteiger partial charge in [-0.1, -0.05) is 19.3 Å². The molecule has 2 aliphatic carbocycles. The van der Waals surface area contributed by atoms with E-state index in [4.69, 9.17) is 5.73 Å². The van der Waals surface area contributed by atoms with Gasteiger partial charge in [0.1, 0.15) is 0 Å². The van der Waals surface area contributed by atoms with Gasteiger partial charge in [0.15, 0.2) is 0 Å². The highest BCUT2D eigenvalue weighted by Crippen LogP contribution is 2.40. The first-order valence-corrected chi connectivity index (χ1v) is 8.04. The summed E-state index contributed by atoms with van der Waals surface area (Å²) in [5, 5.41) is 3.87. The van der Waals surface area contributed by atoms with E-state index in [1.54, 1.807) is 0 Å². The molecule has 0 bridgehead atoms. The lowest BCUT2D eigenvalue weighted by atomic mass is 9.68. The summed E-state index contributed by atoms with van der Waals surface area (Å²) in [6.45, 7) is 0.509. The molecule has 98 valence electrons. The fourth-order valence-electron chi connectivity index (χ4n) is 2.99.